The molecule has 22 heavy (non-hydrogen) atoms. The number of nitrogens with zero attached hydrogens (tertiary/aromatic N) is 1. The number of hydrazone groups is 1. The molecule has 112 valence electrons. The van der Waals surface area contributed by atoms with Crippen molar-refractivity contribution in [2.24, 2.45) is 5.10 Å². The van der Waals surface area contributed by atoms with Gasteiger partial charge in [-0.3, -0.25) is 4.79 Å². The molecule has 0 unspecified atom stereocenters. The smallest absolute Gasteiger partial charge is 0.338 e. The van der Waals surface area contributed by atoms with E-state index in [1.165, 1.54) is 31.5 Å². The molecule has 0 aromatic heterocycles. The van der Waals surface area contributed by atoms with E-state index in [1.54, 1.807) is 30.3 Å². The van der Waals surface area contributed by atoms with Crippen LogP contribution in [-0.4, -0.2) is 25.2 Å². The summed E-state index contributed by atoms with van der Waals surface area (Å²) >= 11 is 0. The molecule has 2 aromatic rings. The summed E-state index contributed by atoms with van der Waals surface area (Å²) < 4.78 is 18.1. The number of hydrogen-bond acceptors (Lipinski definition) is 4. The number of halogens is 1. The predicted octanol–water partition coefficient (Wildman–Crippen LogP) is 2.38. The minimum absolute atomic E-state index is 0.110. The van der Waals surface area contributed by atoms with E-state index in [4.69, 9.17) is 0 Å². The van der Waals surface area contributed by atoms with E-state index < -0.39 is 17.7 Å². The fourth-order valence-corrected chi connectivity index (χ4v) is 1.77. The van der Waals surface area contributed by atoms with Crippen LogP contribution in [0.4, 0.5) is 4.39 Å². The molecule has 0 aliphatic rings. The van der Waals surface area contributed by atoms with Crippen molar-refractivity contribution < 1.29 is 18.7 Å². The largest absolute Gasteiger partial charge is 0.465 e. The van der Waals surface area contributed by atoms with Crippen molar-refractivity contribution in [3.05, 3.63) is 71.0 Å². The first kappa shape index (κ1) is 15.4. The topological polar surface area (TPSA) is 67.8 Å². The summed E-state index contributed by atoms with van der Waals surface area (Å²) in [7, 11) is 1.27. The van der Waals surface area contributed by atoms with Gasteiger partial charge in [-0.15, -0.1) is 0 Å². The summed E-state index contributed by atoms with van der Waals surface area (Å²) in [6.07, 6.45) is 1.30. The normalized spacial score (nSPS) is 10.5. The molecule has 0 saturated heterocycles. The Labute approximate surface area is 126 Å². The minimum atomic E-state index is -0.676. The number of esters is 1. The molecule has 0 saturated carbocycles. The van der Waals surface area contributed by atoms with Crippen molar-refractivity contribution in [2.45, 2.75) is 0 Å². The monoisotopic (exact) mass is 300 g/mol. The van der Waals surface area contributed by atoms with Gasteiger partial charge in [-0.25, -0.2) is 14.6 Å². The molecule has 0 radical (unpaired) electrons. The molecule has 2 aromatic carbocycles. The number of rotatable bonds is 4. The molecule has 0 heterocycles. The van der Waals surface area contributed by atoms with Gasteiger partial charge in [0.2, 0.25) is 0 Å². The lowest BCUT2D eigenvalue weighted by Crippen LogP contribution is -2.19. The average Bonchev–Trinajstić information content (AvgIpc) is 2.55. The molecule has 1 N–H and O–H groups in total. The highest BCUT2D eigenvalue weighted by atomic mass is 19.1. The van der Waals surface area contributed by atoms with Crippen LogP contribution in [0.3, 0.4) is 0 Å². The van der Waals surface area contributed by atoms with Crippen LogP contribution in [-0.2, 0) is 4.74 Å². The van der Waals surface area contributed by atoms with E-state index in [2.05, 4.69) is 15.3 Å². The summed E-state index contributed by atoms with van der Waals surface area (Å²) in [4.78, 5) is 23.4. The number of ether oxygens (including phenoxy) is 1. The molecule has 6 heteroatoms. The standard InChI is InChI=1S/C16H13FN2O3/c1-22-16(21)12-7-3-2-6-11(12)10-18-19-15(20)13-8-4-5-9-14(13)17/h2-10H,1H3,(H,19,20)/b18-10-. The van der Waals surface area contributed by atoms with E-state index in [0.29, 0.717) is 11.1 Å². The van der Waals surface area contributed by atoms with Gasteiger partial charge in [-0.1, -0.05) is 30.3 Å². The van der Waals surface area contributed by atoms with Crippen molar-refractivity contribution >= 4 is 18.1 Å². The fourth-order valence-electron chi connectivity index (χ4n) is 1.77. The molecular weight excluding hydrogens is 287 g/mol. The summed E-state index contributed by atoms with van der Waals surface area (Å²) in [6, 6.07) is 12.2. The Kier molecular flexibility index (Phi) is 4.98. The highest BCUT2D eigenvalue weighted by molar-refractivity contribution is 6.00. The molecule has 1 amide bonds. The Balaban J connectivity index is 2.12. The highest BCUT2D eigenvalue weighted by Crippen LogP contribution is 2.08. The number of benzene rings is 2. The van der Waals surface area contributed by atoms with Crippen LogP contribution < -0.4 is 5.43 Å². The van der Waals surface area contributed by atoms with Crippen LogP contribution in [0.5, 0.6) is 0 Å². The second-order valence-corrected chi connectivity index (χ2v) is 4.26. The molecule has 0 atom stereocenters. The molecule has 0 aliphatic heterocycles. The predicted molar refractivity (Wildman–Crippen MR) is 79.2 cm³/mol. The van der Waals surface area contributed by atoms with Gasteiger partial charge in [0.1, 0.15) is 5.82 Å². The van der Waals surface area contributed by atoms with Gasteiger partial charge in [0.15, 0.2) is 0 Å². The van der Waals surface area contributed by atoms with Gasteiger partial charge in [-0.05, 0) is 18.2 Å². The number of methoxy groups -OCH3 is 1. The third-order valence-electron chi connectivity index (χ3n) is 2.85. The maximum absolute atomic E-state index is 13.4. The van der Waals surface area contributed by atoms with Crippen LogP contribution in [0, 0.1) is 5.82 Å². The average molecular weight is 300 g/mol. The van der Waals surface area contributed by atoms with E-state index in [0.717, 1.165) is 0 Å². The zero-order chi connectivity index (χ0) is 15.9. The highest BCUT2D eigenvalue weighted by Gasteiger charge is 2.11. The van der Waals surface area contributed by atoms with E-state index in [1.807, 2.05) is 0 Å². The number of hydrogen-bond donors (Lipinski definition) is 1. The Morgan fingerprint density at radius 2 is 1.73 bits per heavy atom. The quantitative estimate of drug-likeness (QED) is 0.535. The second kappa shape index (κ2) is 7.12. The summed E-state index contributed by atoms with van der Waals surface area (Å²) in [5.74, 6) is -1.82. The Morgan fingerprint density at radius 3 is 2.41 bits per heavy atom. The van der Waals surface area contributed by atoms with Gasteiger partial charge in [0, 0.05) is 5.56 Å². The van der Waals surface area contributed by atoms with Crippen LogP contribution >= 0.6 is 0 Å². The Morgan fingerprint density at radius 1 is 1.09 bits per heavy atom. The Hall–Kier alpha value is -3.02. The first-order valence-corrected chi connectivity index (χ1v) is 6.38. The van der Waals surface area contributed by atoms with Gasteiger partial charge >= 0.3 is 5.97 Å². The van der Waals surface area contributed by atoms with Gasteiger partial charge in [0.25, 0.3) is 5.91 Å². The van der Waals surface area contributed by atoms with Gasteiger partial charge in [-0.2, -0.15) is 5.10 Å². The molecule has 0 aliphatic carbocycles. The van der Waals surface area contributed by atoms with Crippen molar-refractivity contribution in [3.8, 4) is 0 Å². The third-order valence-corrected chi connectivity index (χ3v) is 2.85. The van der Waals surface area contributed by atoms with Crippen LogP contribution in [0.15, 0.2) is 53.6 Å². The van der Waals surface area contributed by atoms with E-state index >= 15 is 0 Å². The van der Waals surface area contributed by atoms with Gasteiger partial charge in [0.05, 0.1) is 24.5 Å². The number of carbonyl (C=O) groups excluding carboxylic acids is 2. The minimum Gasteiger partial charge on any atom is -0.465 e. The molecule has 0 bridgehead atoms. The maximum atomic E-state index is 13.4. The van der Waals surface area contributed by atoms with Crippen molar-refractivity contribution in [2.75, 3.05) is 7.11 Å². The van der Waals surface area contributed by atoms with E-state index in [9.17, 15) is 14.0 Å². The van der Waals surface area contributed by atoms with Crippen LogP contribution in [0.2, 0.25) is 0 Å². The number of carbonyl (C=O) groups is 2. The molecule has 0 spiro atoms. The summed E-state index contributed by atoms with van der Waals surface area (Å²) in [5.41, 5.74) is 2.89. The molecule has 5 nitrogen and oxygen atoms in total. The van der Waals surface area contributed by atoms with Gasteiger partial charge < -0.3 is 4.74 Å². The van der Waals surface area contributed by atoms with Crippen molar-refractivity contribution in [3.63, 3.8) is 0 Å². The van der Waals surface area contributed by atoms with Crippen molar-refractivity contribution in [1.82, 2.24) is 5.43 Å². The first-order chi connectivity index (χ1) is 10.6. The Bertz CT molecular complexity index is 729. The zero-order valence-corrected chi connectivity index (χ0v) is 11.7. The third kappa shape index (κ3) is 3.54. The SMILES string of the molecule is COC(=O)c1ccccc1/C=N\NC(=O)c1ccccc1F. The summed E-state index contributed by atoms with van der Waals surface area (Å²) in [6.45, 7) is 0. The second-order valence-electron chi connectivity index (χ2n) is 4.26. The lowest BCUT2D eigenvalue weighted by molar-refractivity contribution is 0.0600. The lowest BCUT2D eigenvalue weighted by Gasteiger charge is -2.03. The number of nitrogens with one attached hydrogen (secondary N) is 1. The molecule has 2 rings (SSSR count). The molecular formula is C16H13FN2O3. The van der Waals surface area contributed by atoms with E-state index in [-0.39, 0.29) is 5.56 Å². The fraction of sp³-hybridized carbons (Fsp3) is 0.0625. The first-order valence-electron chi connectivity index (χ1n) is 6.38. The molecule has 0 fully saturated rings. The van der Waals surface area contributed by atoms with Crippen molar-refractivity contribution in [1.29, 1.82) is 0 Å². The van der Waals surface area contributed by atoms with Crippen LogP contribution in [0.1, 0.15) is 26.3 Å². The van der Waals surface area contributed by atoms with Crippen LogP contribution in [0.25, 0.3) is 0 Å². The number of amides is 1. The summed E-state index contributed by atoms with van der Waals surface area (Å²) in [5, 5.41) is 3.74. The zero-order valence-electron chi connectivity index (χ0n) is 11.7. The lowest BCUT2D eigenvalue weighted by atomic mass is 10.1. The maximum Gasteiger partial charge on any atom is 0.338 e.